The maximum absolute atomic E-state index is 12.7. The molecule has 0 unspecified atom stereocenters. The minimum atomic E-state index is -0.604. The molecular weight excluding hydrogens is 430 g/mol. The van der Waals surface area contributed by atoms with Crippen molar-refractivity contribution < 1.29 is 24.7 Å². The van der Waals surface area contributed by atoms with Gasteiger partial charge in [-0.25, -0.2) is 0 Å². The first-order valence-corrected chi connectivity index (χ1v) is 9.77. The fourth-order valence-corrected chi connectivity index (χ4v) is 3.65. The Morgan fingerprint density at radius 1 is 1.27 bits per heavy atom. The number of hydrogen-bond acceptors (Lipinski definition) is 9. The Morgan fingerprint density at radius 3 is 2.70 bits per heavy atom. The van der Waals surface area contributed by atoms with Crippen molar-refractivity contribution in [1.29, 1.82) is 0 Å². The van der Waals surface area contributed by atoms with Crippen molar-refractivity contribution in [3.63, 3.8) is 0 Å². The average molecular weight is 445 g/mol. The van der Waals surface area contributed by atoms with Gasteiger partial charge >= 0.3 is 0 Å². The van der Waals surface area contributed by atoms with Gasteiger partial charge in [-0.05, 0) is 49.0 Å². The van der Waals surface area contributed by atoms with E-state index in [0.717, 1.165) is 35.1 Å². The Labute approximate surface area is 180 Å². The second kappa shape index (κ2) is 8.93. The van der Waals surface area contributed by atoms with Crippen LogP contribution < -0.4 is 4.74 Å². The summed E-state index contributed by atoms with van der Waals surface area (Å²) in [6.45, 7) is 2.16. The number of rotatable bonds is 6. The van der Waals surface area contributed by atoms with E-state index in [1.54, 1.807) is 25.1 Å². The van der Waals surface area contributed by atoms with E-state index >= 15 is 0 Å². The van der Waals surface area contributed by atoms with E-state index in [1.807, 2.05) is 0 Å². The molecule has 1 amide bonds. The quantitative estimate of drug-likeness (QED) is 0.227. The molecule has 11 heteroatoms. The predicted octanol–water partition coefficient (Wildman–Crippen LogP) is 3.64. The topological polar surface area (TPSA) is 126 Å². The summed E-state index contributed by atoms with van der Waals surface area (Å²) in [5, 5.41) is 35.5. The Kier molecular flexibility index (Phi) is 6.33. The molecule has 1 saturated heterocycles. The molecule has 0 atom stereocenters. The average Bonchev–Trinajstić information content (AvgIpc) is 2.96. The maximum Gasteiger partial charge on any atom is 0.286 e. The monoisotopic (exact) mass is 445 g/mol. The van der Waals surface area contributed by atoms with Gasteiger partial charge in [-0.1, -0.05) is 17.8 Å². The minimum Gasteiger partial charge on any atom is -0.507 e. The van der Waals surface area contributed by atoms with Gasteiger partial charge in [0.1, 0.15) is 5.75 Å². The van der Waals surface area contributed by atoms with Crippen LogP contribution in [0.3, 0.4) is 0 Å². The van der Waals surface area contributed by atoms with Crippen LogP contribution in [0.5, 0.6) is 17.2 Å². The number of benzene rings is 2. The molecule has 2 N–H and O–H groups in total. The van der Waals surface area contributed by atoms with E-state index in [-0.39, 0.29) is 27.1 Å². The van der Waals surface area contributed by atoms with Crippen LogP contribution in [-0.4, -0.2) is 43.2 Å². The molecule has 154 valence electrons. The second-order valence-electron chi connectivity index (χ2n) is 5.90. The summed E-state index contributed by atoms with van der Waals surface area (Å²) in [5.41, 5.74) is 0.469. The van der Waals surface area contributed by atoms with Gasteiger partial charge < -0.3 is 14.9 Å². The highest BCUT2D eigenvalue weighted by Crippen LogP contribution is 2.35. The number of carbonyl (C=O) groups excluding carboxylic acids is 1. The molecule has 0 bridgehead atoms. The van der Waals surface area contributed by atoms with Crippen molar-refractivity contribution in [2.45, 2.75) is 6.92 Å². The molecule has 0 spiro atoms. The molecule has 0 aliphatic carbocycles. The zero-order chi connectivity index (χ0) is 21.8. The van der Waals surface area contributed by atoms with Gasteiger partial charge in [-0.2, -0.15) is 10.1 Å². The van der Waals surface area contributed by atoms with Crippen molar-refractivity contribution in [1.82, 2.24) is 5.01 Å². The Bertz CT molecular complexity index is 1100. The molecule has 30 heavy (non-hydrogen) atoms. The van der Waals surface area contributed by atoms with Crippen molar-refractivity contribution in [3.8, 4) is 17.2 Å². The highest BCUT2D eigenvalue weighted by atomic mass is 32.2. The third kappa shape index (κ3) is 4.58. The molecule has 1 aliphatic rings. The Balaban J connectivity index is 1.84. The molecule has 2 aromatic carbocycles. The minimum absolute atomic E-state index is 0.0112. The van der Waals surface area contributed by atoms with Crippen molar-refractivity contribution >= 4 is 52.2 Å². The van der Waals surface area contributed by atoms with E-state index in [1.165, 1.54) is 12.1 Å². The van der Waals surface area contributed by atoms with Crippen LogP contribution in [-0.2, 0) is 4.79 Å². The first kappa shape index (κ1) is 21.3. The van der Waals surface area contributed by atoms with Gasteiger partial charge in [0, 0.05) is 17.7 Å². The van der Waals surface area contributed by atoms with Gasteiger partial charge in [0.15, 0.2) is 15.8 Å². The summed E-state index contributed by atoms with van der Waals surface area (Å²) in [5.74, 6) is -0.432. The summed E-state index contributed by atoms with van der Waals surface area (Å²) in [6, 6.07) is 8.14. The number of phenols is 2. The van der Waals surface area contributed by atoms with Gasteiger partial charge in [0.2, 0.25) is 0 Å². The molecule has 2 aromatic rings. The summed E-state index contributed by atoms with van der Waals surface area (Å²) in [6.07, 6.45) is 2.71. The van der Waals surface area contributed by atoms with Gasteiger partial charge in [0.25, 0.3) is 11.6 Å². The normalized spacial score (nSPS) is 15.4. The highest BCUT2D eigenvalue weighted by Gasteiger charge is 2.32. The largest absolute Gasteiger partial charge is 0.507 e. The number of phenolic OH excluding ortho intramolecular Hbond substituents is 2. The fraction of sp³-hybridized carbons (Fsp3) is 0.105. The first-order chi connectivity index (χ1) is 14.3. The van der Waals surface area contributed by atoms with E-state index in [0.29, 0.717) is 22.8 Å². The molecule has 0 saturated carbocycles. The smallest absolute Gasteiger partial charge is 0.286 e. The lowest BCUT2D eigenvalue weighted by molar-refractivity contribution is -0.384. The molecule has 1 aliphatic heterocycles. The number of thioether (sulfide) groups is 1. The lowest BCUT2D eigenvalue weighted by atomic mass is 10.2. The van der Waals surface area contributed by atoms with Crippen LogP contribution >= 0.6 is 24.0 Å². The summed E-state index contributed by atoms with van der Waals surface area (Å²) < 4.78 is 5.50. The van der Waals surface area contributed by atoms with E-state index in [4.69, 9.17) is 17.0 Å². The number of amides is 1. The number of ether oxygens (including phenoxy) is 1. The van der Waals surface area contributed by atoms with Crippen LogP contribution in [0, 0.1) is 10.1 Å². The van der Waals surface area contributed by atoms with Crippen molar-refractivity contribution in [2.24, 2.45) is 5.10 Å². The first-order valence-electron chi connectivity index (χ1n) is 8.55. The van der Waals surface area contributed by atoms with Crippen LogP contribution in [0.15, 0.2) is 46.4 Å². The van der Waals surface area contributed by atoms with E-state index < -0.39 is 10.8 Å². The molecule has 0 radical (unpaired) electrons. The van der Waals surface area contributed by atoms with Crippen LogP contribution in [0.25, 0.3) is 6.08 Å². The second-order valence-corrected chi connectivity index (χ2v) is 7.57. The lowest BCUT2D eigenvalue weighted by Gasteiger charge is -2.07. The van der Waals surface area contributed by atoms with Gasteiger partial charge in [-0.3, -0.25) is 14.9 Å². The number of carbonyl (C=O) groups is 1. The summed E-state index contributed by atoms with van der Waals surface area (Å²) in [4.78, 5) is 23.2. The third-order valence-corrected chi connectivity index (χ3v) is 5.17. The Morgan fingerprint density at radius 2 is 2.00 bits per heavy atom. The number of thiocarbonyl (C=S) groups is 1. The number of non-ortho nitro benzene ring substituents is 1. The molecule has 0 aromatic heterocycles. The third-order valence-electron chi connectivity index (χ3n) is 3.89. The van der Waals surface area contributed by atoms with Crippen molar-refractivity contribution in [2.75, 3.05) is 6.61 Å². The Hall–Kier alpha value is -3.44. The highest BCUT2D eigenvalue weighted by molar-refractivity contribution is 8.26. The van der Waals surface area contributed by atoms with Crippen molar-refractivity contribution in [3.05, 3.63) is 62.5 Å². The molecule has 3 rings (SSSR count). The molecule has 9 nitrogen and oxygen atoms in total. The molecular formula is C19H15N3O6S2. The number of nitro benzene ring substituents is 1. The van der Waals surface area contributed by atoms with Crippen LogP contribution in [0.1, 0.15) is 18.1 Å². The number of nitrogens with zero attached hydrogens (tertiary/aromatic N) is 3. The van der Waals surface area contributed by atoms with E-state index in [9.17, 15) is 25.1 Å². The molecule has 1 heterocycles. The van der Waals surface area contributed by atoms with Gasteiger partial charge in [0.05, 0.1) is 22.6 Å². The number of aromatic hydroxyl groups is 2. The van der Waals surface area contributed by atoms with E-state index in [2.05, 4.69) is 5.10 Å². The van der Waals surface area contributed by atoms with Crippen LogP contribution in [0.4, 0.5) is 5.69 Å². The zero-order valence-corrected chi connectivity index (χ0v) is 17.1. The maximum atomic E-state index is 12.7. The lowest BCUT2D eigenvalue weighted by Crippen LogP contribution is -2.22. The number of hydrogen-bond donors (Lipinski definition) is 2. The summed E-state index contributed by atoms with van der Waals surface area (Å²) >= 11 is 6.22. The van der Waals surface area contributed by atoms with Crippen LogP contribution in [0.2, 0.25) is 0 Å². The predicted molar refractivity (Wildman–Crippen MR) is 117 cm³/mol. The molecule has 1 fully saturated rings. The number of hydrazone groups is 1. The SMILES string of the molecule is CCOc1cc(/C=C2\SC(=S)N(/N=C/c3cc([N+](=O)[O-])ccc3O)C2=O)ccc1O. The van der Waals surface area contributed by atoms with Gasteiger partial charge in [-0.15, -0.1) is 0 Å². The number of nitro groups is 1. The standard InChI is InChI=1S/C19H15N3O6S2/c1-2-28-16-7-11(3-5-15(16)24)8-17-18(25)21(19(29)30-17)20-10-12-9-13(22(26)27)4-6-14(12)23/h3-10,23-24H,2H2,1H3/b17-8-,20-10+. The zero-order valence-electron chi connectivity index (χ0n) is 15.5. The summed E-state index contributed by atoms with van der Waals surface area (Å²) in [7, 11) is 0. The fourth-order valence-electron chi connectivity index (χ4n) is 2.48.